The maximum atomic E-state index is 13.3. The fourth-order valence-corrected chi connectivity index (χ4v) is 3.90. The first kappa shape index (κ1) is 18.1. The average Bonchev–Trinajstić information content (AvgIpc) is 3.49. The molecule has 0 radical (unpaired) electrons. The van der Waals surface area contributed by atoms with Crippen LogP contribution in [0, 0.1) is 0 Å². The smallest absolute Gasteiger partial charge is 0.273 e. The molecule has 1 atom stereocenters. The molecule has 0 saturated carbocycles. The zero-order valence-electron chi connectivity index (χ0n) is 16.2. The molecule has 1 amide bonds. The van der Waals surface area contributed by atoms with E-state index in [0.717, 1.165) is 22.4 Å². The number of amides is 1. The molecular formula is C23H19N3O4. The van der Waals surface area contributed by atoms with Crippen molar-refractivity contribution in [3.8, 4) is 22.8 Å². The fraction of sp³-hybridized carbons (Fsp3) is 0.130. The van der Waals surface area contributed by atoms with E-state index in [2.05, 4.69) is 10.2 Å². The molecule has 7 heteroatoms. The number of aromatic amines is 1. The summed E-state index contributed by atoms with van der Waals surface area (Å²) in [6.07, 6.45) is 1.59. The van der Waals surface area contributed by atoms with Crippen molar-refractivity contribution in [2.45, 2.75) is 12.6 Å². The number of furan rings is 1. The molecule has 1 aliphatic rings. The summed E-state index contributed by atoms with van der Waals surface area (Å²) in [7, 11) is 1.62. The summed E-state index contributed by atoms with van der Waals surface area (Å²) in [5.41, 5.74) is 3.74. The van der Waals surface area contributed by atoms with Gasteiger partial charge in [-0.05, 0) is 54.1 Å². The van der Waals surface area contributed by atoms with Crippen molar-refractivity contribution in [1.82, 2.24) is 15.1 Å². The van der Waals surface area contributed by atoms with Crippen molar-refractivity contribution < 1.29 is 19.1 Å². The third-order valence-corrected chi connectivity index (χ3v) is 5.34. The molecule has 2 aromatic heterocycles. The van der Waals surface area contributed by atoms with E-state index < -0.39 is 0 Å². The number of hydrogen-bond donors (Lipinski definition) is 2. The summed E-state index contributed by atoms with van der Waals surface area (Å²) in [5.74, 6) is 1.46. The van der Waals surface area contributed by atoms with Gasteiger partial charge < -0.3 is 19.2 Å². The highest BCUT2D eigenvalue weighted by Crippen LogP contribution is 2.43. The van der Waals surface area contributed by atoms with E-state index in [4.69, 9.17) is 9.15 Å². The van der Waals surface area contributed by atoms with Crippen LogP contribution in [0.15, 0.2) is 71.3 Å². The quantitative estimate of drug-likeness (QED) is 0.525. The maximum Gasteiger partial charge on any atom is 0.273 e. The highest BCUT2D eigenvalue weighted by Gasteiger charge is 2.42. The van der Waals surface area contributed by atoms with Gasteiger partial charge in [-0.15, -0.1) is 0 Å². The number of phenols is 1. The van der Waals surface area contributed by atoms with E-state index in [9.17, 15) is 9.90 Å². The van der Waals surface area contributed by atoms with Gasteiger partial charge in [-0.2, -0.15) is 5.10 Å². The van der Waals surface area contributed by atoms with Gasteiger partial charge in [0.15, 0.2) is 0 Å². The zero-order chi connectivity index (χ0) is 20.7. The molecule has 0 saturated heterocycles. The minimum atomic E-state index is -0.367. The highest BCUT2D eigenvalue weighted by atomic mass is 16.5. The Morgan fingerprint density at radius 1 is 1.13 bits per heavy atom. The number of aromatic hydroxyl groups is 1. The van der Waals surface area contributed by atoms with E-state index in [1.807, 2.05) is 42.5 Å². The second kappa shape index (κ2) is 7.11. The van der Waals surface area contributed by atoms with Crippen molar-refractivity contribution in [3.63, 3.8) is 0 Å². The van der Waals surface area contributed by atoms with Gasteiger partial charge in [0.25, 0.3) is 5.91 Å². The van der Waals surface area contributed by atoms with Crippen LogP contribution in [0.1, 0.15) is 33.4 Å². The molecule has 0 spiro atoms. The van der Waals surface area contributed by atoms with Crippen molar-refractivity contribution in [2.24, 2.45) is 0 Å². The van der Waals surface area contributed by atoms with Crippen LogP contribution in [0.25, 0.3) is 11.3 Å². The normalized spacial score (nSPS) is 15.4. The number of H-pyrrole nitrogens is 1. The second-order valence-electron chi connectivity index (χ2n) is 7.10. The van der Waals surface area contributed by atoms with Crippen LogP contribution in [0.2, 0.25) is 0 Å². The summed E-state index contributed by atoms with van der Waals surface area (Å²) in [6, 6.07) is 17.7. The van der Waals surface area contributed by atoms with Gasteiger partial charge in [-0.1, -0.05) is 12.1 Å². The highest BCUT2D eigenvalue weighted by molar-refractivity contribution is 6.00. The molecule has 2 aromatic carbocycles. The van der Waals surface area contributed by atoms with Crippen molar-refractivity contribution in [3.05, 3.63) is 89.5 Å². The maximum absolute atomic E-state index is 13.3. The topological polar surface area (TPSA) is 91.6 Å². The number of benzene rings is 2. The van der Waals surface area contributed by atoms with Gasteiger partial charge in [0.2, 0.25) is 0 Å². The lowest BCUT2D eigenvalue weighted by Crippen LogP contribution is -2.28. The van der Waals surface area contributed by atoms with E-state index in [0.29, 0.717) is 23.7 Å². The number of phenolic OH excluding ortho intramolecular Hbond substituents is 1. The van der Waals surface area contributed by atoms with Crippen molar-refractivity contribution in [2.75, 3.05) is 7.11 Å². The molecular weight excluding hydrogens is 382 g/mol. The molecule has 2 N–H and O–H groups in total. The van der Waals surface area contributed by atoms with Gasteiger partial charge in [0.05, 0.1) is 31.7 Å². The molecule has 0 aliphatic carbocycles. The van der Waals surface area contributed by atoms with Gasteiger partial charge >= 0.3 is 0 Å². The van der Waals surface area contributed by atoms with Crippen LogP contribution in [0.3, 0.4) is 0 Å². The third-order valence-electron chi connectivity index (χ3n) is 5.34. The predicted molar refractivity (Wildman–Crippen MR) is 109 cm³/mol. The SMILES string of the molecule is COc1ccc(-c2n[nH]c3c2C(c2ccc(O)cc2)N(Cc2ccco2)C3=O)cc1. The van der Waals surface area contributed by atoms with E-state index in [1.165, 1.54) is 0 Å². The predicted octanol–water partition coefficient (Wildman–Crippen LogP) is 4.13. The lowest BCUT2D eigenvalue weighted by molar-refractivity contribution is 0.0717. The van der Waals surface area contributed by atoms with Crippen LogP contribution in [0.5, 0.6) is 11.5 Å². The molecule has 1 aliphatic heterocycles. The number of rotatable bonds is 5. The molecule has 0 fully saturated rings. The average molecular weight is 401 g/mol. The monoisotopic (exact) mass is 401 g/mol. The molecule has 7 nitrogen and oxygen atoms in total. The number of carbonyl (C=O) groups excluding carboxylic acids is 1. The fourth-order valence-electron chi connectivity index (χ4n) is 3.90. The van der Waals surface area contributed by atoms with Crippen molar-refractivity contribution >= 4 is 5.91 Å². The molecule has 1 unspecified atom stereocenters. The first-order valence-electron chi connectivity index (χ1n) is 9.50. The number of methoxy groups -OCH3 is 1. The number of ether oxygens (including phenoxy) is 1. The van der Waals surface area contributed by atoms with Crippen LogP contribution in [0.4, 0.5) is 0 Å². The summed E-state index contributed by atoms with van der Waals surface area (Å²) < 4.78 is 10.7. The Bertz CT molecular complexity index is 1180. The number of aromatic nitrogens is 2. The number of nitrogens with one attached hydrogen (secondary N) is 1. The molecule has 150 valence electrons. The van der Waals surface area contributed by atoms with Crippen LogP contribution in [-0.2, 0) is 6.54 Å². The van der Waals surface area contributed by atoms with Gasteiger partial charge in [0.1, 0.15) is 23.0 Å². The molecule has 3 heterocycles. The second-order valence-corrected chi connectivity index (χ2v) is 7.10. The molecule has 0 bridgehead atoms. The Kier molecular flexibility index (Phi) is 4.28. The van der Waals surface area contributed by atoms with E-state index in [1.54, 1.807) is 36.5 Å². The van der Waals surface area contributed by atoms with Crippen molar-refractivity contribution in [1.29, 1.82) is 0 Å². The lowest BCUT2D eigenvalue weighted by Gasteiger charge is -2.25. The van der Waals surface area contributed by atoms with Gasteiger partial charge in [-0.25, -0.2) is 0 Å². The summed E-state index contributed by atoms with van der Waals surface area (Å²) in [4.78, 5) is 15.0. The van der Waals surface area contributed by atoms with Gasteiger partial charge in [-0.3, -0.25) is 9.89 Å². The number of hydrogen-bond acceptors (Lipinski definition) is 5. The first-order valence-corrected chi connectivity index (χ1v) is 9.50. The summed E-state index contributed by atoms with van der Waals surface area (Å²) in [5, 5.41) is 17.1. The van der Waals surface area contributed by atoms with Crippen LogP contribution < -0.4 is 4.74 Å². The van der Waals surface area contributed by atoms with E-state index >= 15 is 0 Å². The Morgan fingerprint density at radius 3 is 2.57 bits per heavy atom. The minimum absolute atomic E-state index is 0.147. The lowest BCUT2D eigenvalue weighted by atomic mass is 9.96. The molecule has 5 rings (SSSR count). The van der Waals surface area contributed by atoms with Gasteiger partial charge in [0, 0.05) is 11.1 Å². The third kappa shape index (κ3) is 2.91. The Morgan fingerprint density at radius 2 is 1.90 bits per heavy atom. The number of fused-ring (bicyclic) bond motifs is 1. The summed E-state index contributed by atoms with van der Waals surface area (Å²) in [6.45, 7) is 0.321. The van der Waals surface area contributed by atoms with Crippen LogP contribution in [-0.4, -0.2) is 33.2 Å². The Balaban J connectivity index is 1.63. The molecule has 30 heavy (non-hydrogen) atoms. The zero-order valence-corrected chi connectivity index (χ0v) is 16.2. The number of nitrogens with zero attached hydrogens (tertiary/aromatic N) is 2. The Labute approximate surface area is 172 Å². The standard InChI is InChI=1S/C23H19N3O4/c1-29-17-10-6-14(7-11-17)20-19-21(25-24-20)23(28)26(13-18-3-2-12-30-18)22(19)15-4-8-16(27)9-5-15/h2-12,22,27H,13H2,1H3,(H,24,25). The first-order chi connectivity index (χ1) is 14.7. The van der Waals surface area contributed by atoms with E-state index in [-0.39, 0.29) is 17.7 Å². The largest absolute Gasteiger partial charge is 0.508 e. The minimum Gasteiger partial charge on any atom is -0.508 e. The Hall–Kier alpha value is -4.00. The number of carbonyl (C=O) groups is 1. The summed E-state index contributed by atoms with van der Waals surface area (Å²) >= 11 is 0. The molecule has 4 aromatic rings. The van der Waals surface area contributed by atoms with Crippen LogP contribution >= 0.6 is 0 Å².